The van der Waals surface area contributed by atoms with E-state index in [0.29, 0.717) is 0 Å². The molecule has 1 aromatic carbocycles. The molecule has 2 rings (SSSR count). The molecular formula is C14H13F2NO. The van der Waals surface area contributed by atoms with Crippen molar-refractivity contribution < 1.29 is 13.9 Å². The standard InChI is InChI=1S/C14H13F2NO/c1-14(18,8-10-4-3-7-17-9-10)11-5-2-6-12(15)13(11)16/h2-7,9,18H,8H2,1H3. The largest absolute Gasteiger partial charge is 0.385 e. The van der Waals surface area contributed by atoms with Crippen molar-refractivity contribution in [3.8, 4) is 0 Å². The van der Waals surface area contributed by atoms with Crippen LogP contribution in [0.25, 0.3) is 0 Å². The van der Waals surface area contributed by atoms with Crippen LogP contribution in [0.15, 0.2) is 42.7 Å². The number of aromatic nitrogens is 1. The summed E-state index contributed by atoms with van der Waals surface area (Å²) in [6, 6.07) is 7.30. The van der Waals surface area contributed by atoms with Gasteiger partial charge in [-0.15, -0.1) is 0 Å². The zero-order valence-corrected chi connectivity index (χ0v) is 9.90. The molecule has 2 aromatic rings. The molecule has 1 heterocycles. The van der Waals surface area contributed by atoms with Crippen LogP contribution in [-0.4, -0.2) is 10.1 Å². The molecule has 0 aliphatic carbocycles. The molecule has 2 nitrogen and oxygen atoms in total. The molecule has 0 aliphatic rings. The summed E-state index contributed by atoms with van der Waals surface area (Å²) in [4.78, 5) is 3.92. The lowest BCUT2D eigenvalue weighted by molar-refractivity contribution is 0.0529. The van der Waals surface area contributed by atoms with Gasteiger partial charge in [0.2, 0.25) is 0 Å². The zero-order chi connectivity index (χ0) is 13.2. The number of aliphatic hydroxyl groups is 1. The summed E-state index contributed by atoms with van der Waals surface area (Å²) in [5, 5.41) is 10.3. The lowest BCUT2D eigenvalue weighted by Crippen LogP contribution is -2.26. The summed E-state index contributed by atoms with van der Waals surface area (Å²) >= 11 is 0. The Hall–Kier alpha value is -1.81. The molecule has 1 atom stereocenters. The minimum Gasteiger partial charge on any atom is -0.385 e. The first kappa shape index (κ1) is 12.6. The van der Waals surface area contributed by atoms with E-state index in [4.69, 9.17) is 0 Å². The Bertz CT molecular complexity index is 541. The predicted molar refractivity (Wildman–Crippen MR) is 63.9 cm³/mol. The third-order valence-corrected chi connectivity index (χ3v) is 2.80. The Morgan fingerprint density at radius 2 is 2.00 bits per heavy atom. The van der Waals surface area contributed by atoms with E-state index in [1.54, 1.807) is 24.5 Å². The highest BCUT2D eigenvalue weighted by molar-refractivity contribution is 5.27. The molecule has 4 heteroatoms. The second-order valence-corrected chi connectivity index (χ2v) is 4.41. The highest BCUT2D eigenvalue weighted by Gasteiger charge is 2.28. The SMILES string of the molecule is CC(O)(Cc1cccnc1)c1cccc(F)c1F. The molecule has 1 unspecified atom stereocenters. The molecule has 0 spiro atoms. The summed E-state index contributed by atoms with van der Waals surface area (Å²) in [7, 11) is 0. The zero-order valence-electron chi connectivity index (χ0n) is 9.90. The summed E-state index contributed by atoms with van der Waals surface area (Å²) in [5.74, 6) is -1.97. The Balaban J connectivity index is 2.33. The van der Waals surface area contributed by atoms with E-state index in [1.165, 1.54) is 19.1 Å². The van der Waals surface area contributed by atoms with Crippen LogP contribution >= 0.6 is 0 Å². The van der Waals surface area contributed by atoms with Gasteiger partial charge in [-0.1, -0.05) is 18.2 Å². The van der Waals surface area contributed by atoms with E-state index < -0.39 is 17.2 Å². The van der Waals surface area contributed by atoms with Crippen LogP contribution in [0.3, 0.4) is 0 Å². The molecule has 0 amide bonds. The highest BCUT2D eigenvalue weighted by atomic mass is 19.2. The van der Waals surface area contributed by atoms with Crippen LogP contribution in [0.5, 0.6) is 0 Å². The van der Waals surface area contributed by atoms with Crippen molar-refractivity contribution in [2.45, 2.75) is 18.9 Å². The Morgan fingerprint density at radius 1 is 1.22 bits per heavy atom. The van der Waals surface area contributed by atoms with E-state index >= 15 is 0 Å². The van der Waals surface area contributed by atoms with Crippen molar-refractivity contribution in [3.63, 3.8) is 0 Å². The summed E-state index contributed by atoms with van der Waals surface area (Å²) in [5.41, 5.74) is -0.771. The number of nitrogens with zero attached hydrogens (tertiary/aromatic N) is 1. The van der Waals surface area contributed by atoms with Gasteiger partial charge in [0.1, 0.15) is 0 Å². The van der Waals surface area contributed by atoms with Gasteiger partial charge >= 0.3 is 0 Å². The monoisotopic (exact) mass is 249 g/mol. The van der Waals surface area contributed by atoms with Crippen LogP contribution in [0.1, 0.15) is 18.1 Å². The van der Waals surface area contributed by atoms with E-state index in [2.05, 4.69) is 4.98 Å². The normalized spacial score (nSPS) is 14.2. The van der Waals surface area contributed by atoms with Crippen molar-refractivity contribution in [1.82, 2.24) is 4.98 Å². The van der Waals surface area contributed by atoms with Crippen LogP contribution in [0, 0.1) is 11.6 Å². The molecular weight excluding hydrogens is 236 g/mol. The second-order valence-electron chi connectivity index (χ2n) is 4.41. The van der Waals surface area contributed by atoms with E-state index in [-0.39, 0.29) is 12.0 Å². The first-order valence-electron chi connectivity index (χ1n) is 5.56. The molecule has 0 bridgehead atoms. The third-order valence-electron chi connectivity index (χ3n) is 2.80. The van der Waals surface area contributed by atoms with Crippen LogP contribution in [0.4, 0.5) is 8.78 Å². The van der Waals surface area contributed by atoms with E-state index in [9.17, 15) is 13.9 Å². The van der Waals surface area contributed by atoms with Gasteiger partial charge in [-0.2, -0.15) is 0 Å². The number of benzene rings is 1. The molecule has 0 radical (unpaired) electrons. The fraction of sp³-hybridized carbons (Fsp3) is 0.214. The third kappa shape index (κ3) is 2.54. The fourth-order valence-electron chi connectivity index (χ4n) is 1.92. The quantitative estimate of drug-likeness (QED) is 0.907. The van der Waals surface area contributed by atoms with Gasteiger partial charge in [0.25, 0.3) is 0 Å². The first-order valence-corrected chi connectivity index (χ1v) is 5.56. The lowest BCUT2D eigenvalue weighted by Gasteiger charge is -2.24. The molecule has 1 aromatic heterocycles. The number of rotatable bonds is 3. The van der Waals surface area contributed by atoms with E-state index in [1.807, 2.05) is 0 Å². The maximum Gasteiger partial charge on any atom is 0.164 e. The molecule has 0 saturated carbocycles. The first-order chi connectivity index (χ1) is 8.50. The second kappa shape index (κ2) is 4.82. The molecule has 1 N–H and O–H groups in total. The van der Waals surface area contributed by atoms with Crippen LogP contribution in [0.2, 0.25) is 0 Å². The Morgan fingerprint density at radius 3 is 2.67 bits per heavy atom. The van der Waals surface area contributed by atoms with E-state index in [0.717, 1.165) is 11.6 Å². The minimum absolute atomic E-state index is 0.0497. The van der Waals surface area contributed by atoms with Gasteiger partial charge in [-0.05, 0) is 24.6 Å². The number of hydrogen-bond donors (Lipinski definition) is 1. The molecule has 0 fully saturated rings. The van der Waals surface area contributed by atoms with Crippen molar-refractivity contribution in [3.05, 3.63) is 65.5 Å². The smallest absolute Gasteiger partial charge is 0.164 e. The van der Waals surface area contributed by atoms with Gasteiger partial charge in [-0.3, -0.25) is 4.98 Å². The molecule has 18 heavy (non-hydrogen) atoms. The van der Waals surface area contributed by atoms with Gasteiger partial charge < -0.3 is 5.11 Å². The van der Waals surface area contributed by atoms with Crippen molar-refractivity contribution in [1.29, 1.82) is 0 Å². The topological polar surface area (TPSA) is 33.1 Å². The fourth-order valence-corrected chi connectivity index (χ4v) is 1.92. The summed E-state index contributed by atoms with van der Waals surface area (Å²) in [6.07, 6.45) is 3.37. The van der Waals surface area contributed by atoms with Gasteiger partial charge in [0.15, 0.2) is 11.6 Å². The predicted octanol–water partition coefficient (Wildman–Crippen LogP) is 2.81. The van der Waals surface area contributed by atoms with Gasteiger partial charge in [0.05, 0.1) is 5.60 Å². The maximum atomic E-state index is 13.6. The average Bonchev–Trinajstić information content (AvgIpc) is 2.33. The molecule has 0 saturated heterocycles. The van der Waals surface area contributed by atoms with Gasteiger partial charge in [0, 0.05) is 24.4 Å². The number of hydrogen-bond acceptors (Lipinski definition) is 2. The van der Waals surface area contributed by atoms with Crippen molar-refractivity contribution in [2.24, 2.45) is 0 Å². The van der Waals surface area contributed by atoms with Crippen LogP contribution in [-0.2, 0) is 12.0 Å². The number of pyridine rings is 1. The highest BCUT2D eigenvalue weighted by Crippen LogP contribution is 2.28. The Labute approximate surface area is 104 Å². The lowest BCUT2D eigenvalue weighted by atomic mass is 9.89. The van der Waals surface area contributed by atoms with Crippen molar-refractivity contribution >= 4 is 0 Å². The Kier molecular flexibility index (Phi) is 3.39. The summed E-state index contributed by atoms with van der Waals surface area (Å²) in [6.45, 7) is 1.46. The molecule has 94 valence electrons. The summed E-state index contributed by atoms with van der Waals surface area (Å²) < 4.78 is 26.8. The number of halogens is 2. The average molecular weight is 249 g/mol. The maximum absolute atomic E-state index is 13.6. The van der Waals surface area contributed by atoms with Gasteiger partial charge in [-0.25, -0.2) is 8.78 Å². The molecule has 0 aliphatic heterocycles. The minimum atomic E-state index is -1.48. The van der Waals surface area contributed by atoms with Crippen molar-refractivity contribution in [2.75, 3.05) is 0 Å². The van der Waals surface area contributed by atoms with Crippen LogP contribution < -0.4 is 0 Å².